The number of likely N-dealkylation sites (tertiary alicyclic amines) is 1. The largest absolute Gasteiger partial charge is 0.481 e. The summed E-state index contributed by atoms with van der Waals surface area (Å²) in [6.07, 6.45) is 0.946. The number of aliphatic carboxylic acids is 1. The highest BCUT2D eigenvalue weighted by atomic mass is 32.1. The summed E-state index contributed by atoms with van der Waals surface area (Å²) in [5.74, 6) is -0.639. The summed E-state index contributed by atoms with van der Waals surface area (Å²) in [6.45, 7) is 1.24. The smallest absolute Gasteiger partial charge is 0.303 e. The molecule has 0 spiro atoms. The predicted octanol–water partition coefficient (Wildman–Crippen LogP) is 2.90. The molecule has 1 unspecified atom stereocenters. The van der Waals surface area contributed by atoms with Crippen LogP contribution in [0, 0.1) is 5.92 Å². The SMILES string of the molecule is O=C(O)CC1CCN(C(=O)c2cc3sccc3s2)C1. The Morgan fingerprint density at radius 3 is 3.00 bits per heavy atom. The third-order valence-corrected chi connectivity index (χ3v) is 5.47. The van der Waals surface area contributed by atoms with Crippen molar-refractivity contribution in [3.63, 3.8) is 0 Å². The summed E-state index contributed by atoms with van der Waals surface area (Å²) in [7, 11) is 0. The van der Waals surface area contributed by atoms with Gasteiger partial charge >= 0.3 is 5.97 Å². The van der Waals surface area contributed by atoms with Crippen molar-refractivity contribution in [1.29, 1.82) is 0 Å². The number of hydrogen-bond donors (Lipinski definition) is 1. The molecule has 4 nitrogen and oxygen atoms in total. The Morgan fingerprint density at radius 2 is 2.26 bits per heavy atom. The van der Waals surface area contributed by atoms with E-state index in [1.807, 2.05) is 17.5 Å². The Kier molecular flexibility index (Phi) is 3.28. The van der Waals surface area contributed by atoms with E-state index < -0.39 is 5.97 Å². The molecule has 1 aliphatic heterocycles. The zero-order valence-electron chi connectivity index (χ0n) is 10.2. The van der Waals surface area contributed by atoms with Crippen molar-refractivity contribution in [3.05, 3.63) is 22.4 Å². The standard InChI is InChI=1S/C13H13NO3S2/c15-12(16)5-8-1-3-14(7-8)13(17)11-6-10-9(19-11)2-4-18-10/h2,4,6,8H,1,3,5,7H2,(H,15,16). The van der Waals surface area contributed by atoms with Crippen molar-refractivity contribution in [1.82, 2.24) is 4.90 Å². The topological polar surface area (TPSA) is 57.6 Å². The van der Waals surface area contributed by atoms with Crippen LogP contribution in [0.5, 0.6) is 0 Å². The minimum absolute atomic E-state index is 0.0429. The lowest BCUT2D eigenvalue weighted by Crippen LogP contribution is -2.28. The van der Waals surface area contributed by atoms with Gasteiger partial charge < -0.3 is 10.0 Å². The predicted molar refractivity (Wildman–Crippen MR) is 76.0 cm³/mol. The van der Waals surface area contributed by atoms with Crippen LogP contribution >= 0.6 is 22.7 Å². The second-order valence-electron chi connectivity index (χ2n) is 4.76. The van der Waals surface area contributed by atoms with Crippen LogP contribution in [-0.4, -0.2) is 35.0 Å². The van der Waals surface area contributed by atoms with Gasteiger partial charge in [-0.05, 0) is 29.9 Å². The Balaban J connectivity index is 1.71. The first-order valence-corrected chi connectivity index (χ1v) is 7.81. The van der Waals surface area contributed by atoms with E-state index in [2.05, 4.69) is 0 Å². The van der Waals surface area contributed by atoms with Gasteiger partial charge in [-0.3, -0.25) is 9.59 Å². The number of carboxylic acids is 1. The normalized spacial score (nSPS) is 19.2. The lowest BCUT2D eigenvalue weighted by Gasteiger charge is -2.14. The second kappa shape index (κ2) is 4.94. The van der Waals surface area contributed by atoms with Crippen LogP contribution in [0.15, 0.2) is 17.5 Å². The summed E-state index contributed by atoms with van der Waals surface area (Å²) < 4.78 is 2.30. The number of carboxylic acid groups (broad SMARTS) is 1. The minimum atomic E-state index is -0.782. The summed E-state index contributed by atoms with van der Waals surface area (Å²) in [5, 5.41) is 10.8. The third-order valence-electron chi connectivity index (χ3n) is 3.39. The Hall–Kier alpha value is -1.40. The van der Waals surface area contributed by atoms with Crippen LogP contribution < -0.4 is 0 Å². The van der Waals surface area contributed by atoms with E-state index in [4.69, 9.17) is 5.11 Å². The van der Waals surface area contributed by atoms with Gasteiger partial charge in [-0.2, -0.15) is 0 Å². The molecule has 1 atom stereocenters. The van der Waals surface area contributed by atoms with Crippen molar-refractivity contribution < 1.29 is 14.7 Å². The van der Waals surface area contributed by atoms with Gasteiger partial charge in [0.05, 0.1) is 4.88 Å². The molecule has 3 heterocycles. The summed E-state index contributed by atoms with van der Waals surface area (Å²) in [6, 6.07) is 3.97. The van der Waals surface area contributed by atoms with Gasteiger partial charge in [-0.25, -0.2) is 0 Å². The molecule has 0 aromatic carbocycles. The molecule has 1 saturated heterocycles. The van der Waals surface area contributed by atoms with E-state index >= 15 is 0 Å². The lowest BCUT2D eigenvalue weighted by atomic mass is 10.1. The fourth-order valence-corrected chi connectivity index (χ4v) is 4.53. The van der Waals surface area contributed by atoms with Gasteiger partial charge in [-0.15, -0.1) is 22.7 Å². The molecule has 2 aromatic rings. The van der Waals surface area contributed by atoms with Crippen molar-refractivity contribution in [2.24, 2.45) is 5.92 Å². The average Bonchev–Trinajstić information content (AvgIpc) is 2.99. The fourth-order valence-electron chi connectivity index (χ4n) is 2.46. The molecule has 1 fully saturated rings. The lowest BCUT2D eigenvalue weighted by molar-refractivity contribution is -0.138. The molecule has 1 amide bonds. The van der Waals surface area contributed by atoms with Gasteiger partial charge in [0.1, 0.15) is 0 Å². The monoisotopic (exact) mass is 295 g/mol. The number of amides is 1. The van der Waals surface area contributed by atoms with Crippen LogP contribution in [0.2, 0.25) is 0 Å². The van der Waals surface area contributed by atoms with Crippen molar-refractivity contribution in [3.8, 4) is 0 Å². The summed E-state index contributed by atoms with van der Waals surface area (Å²) in [5.41, 5.74) is 0. The maximum atomic E-state index is 12.3. The average molecular weight is 295 g/mol. The van der Waals surface area contributed by atoms with E-state index in [9.17, 15) is 9.59 Å². The van der Waals surface area contributed by atoms with E-state index in [0.717, 1.165) is 20.7 Å². The molecule has 6 heteroatoms. The first-order valence-electron chi connectivity index (χ1n) is 6.11. The van der Waals surface area contributed by atoms with Crippen molar-refractivity contribution in [2.75, 3.05) is 13.1 Å². The molecular formula is C13H13NO3S2. The Bertz CT molecular complexity index is 602. The zero-order chi connectivity index (χ0) is 13.4. The molecule has 0 saturated carbocycles. The second-order valence-corrected chi connectivity index (χ2v) is 6.79. The van der Waals surface area contributed by atoms with E-state index in [1.54, 1.807) is 16.2 Å². The van der Waals surface area contributed by atoms with Crippen LogP contribution in [0.25, 0.3) is 9.40 Å². The van der Waals surface area contributed by atoms with Gasteiger partial charge in [0.25, 0.3) is 5.91 Å². The molecule has 0 radical (unpaired) electrons. The molecule has 1 aliphatic rings. The zero-order valence-corrected chi connectivity index (χ0v) is 11.8. The third kappa shape index (κ3) is 2.50. The molecule has 0 bridgehead atoms. The highest BCUT2D eigenvalue weighted by Gasteiger charge is 2.29. The summed E-state index contributed by atoms with van der Waals surface area (Å²) >= 11 is 3.16. The highest BCUT2D eigenvalue weighted by molar-refractivity contribution is 7.27. The van der Waals surface area contributed by atoms with Crippen LogP contribution in [-0.2, 0) is 4.79 Å². The van der Waals surface area contributed by atoms with Gasteiger partial charge in [0.15, 0.2) is 0 Å². The van der Waals surface area contributed by atoms with E-state index in [-0.39, 0.29) is 18.2 Å². The maximum absolute atomic E-state index is 12.3. The molecule has 100 valence electrons. The van der Waals surface area contributed by atoms with Gasteiger partial charge in [-0.1, -0.05) is 0 Å². The number of carbonyl (C=O) groups is 2. The van der Waals surface area contributed by atoms with Crippen LogP contribution in [0.3, 0.4) is 0 Å². The van der Waals surface area contributed by atoms with Gasteiger partial charge in [0, 0.05) is 28.9 Å². The quantitative estimate of drug-likeness (QED) is 0.947. The number of fused-ring (bicyclic) bond motifs is 1. The maximum Gasteiger partial charge on any atom is 0.303 e. The highest BCUT2D eigenvalue weighted by Crippen LogP contribution is 2.31. The van der Waals surface area contributed by atoms with Crippen molar-refractivity contribution >= 4 is 43.9 Å². The number of rotatable bonds is 3. The summed E-state index contributed by atoms with van der Waals surface area (Å²) in [4.78, 5) is 25.6. The molecule has 0 aliphatic carbocycles. The number of carbonyl (C=O) groups excluding carboxylic acids is 1. The first-order chi connectivity index (χ1) is 9.13. The molecule has 3 rings (SSSR count). The minimum Gasteiger partial charge on any atom is -0.481 e. The molecule has 19 heavy (non-hydrogen) atoms. The Labute approximate surface area is 118 Å². The van der Waals surface area contributed by atoms with E-state index in [0.29, 0.717) is 13.1 Å². The van der Waals surface area contributed by atoms with Crippen molar-refractivity contribution in [2.45, 2.75) is 12.8 Å². The first kappa shape index (κ1) is 12.6. The molecule has 1 N–H and O–H groups in total. The molecule has 2 aromatic heterocycles. The number of nitrogens with zero attached hydrogens (tertiary/aromatic N) is 1. The number of hydrogen-bond acceptors (Lipinski definition) is 4. The van der Waals surface area contributed by atoms with E-state index in [1.165, 1.54) is 11.3 Å². The van der Waals surface area contributed by atoms with Crippen LogP contribution in [0.1, 0.15) is 22.5 Å². The van der Waals surface area contributed by atoms with Gasteiger partial charge in [0.2, 0.25) is 0 Å². The fraction of sp³-hybridized carbons (Fsp3) is 0.385. The Morgan fingerprint density at radius 1 is 1.42 bits per heavy atom. The number of thiophene rings is 2. The molecular weight excluding hydrogens is 282 g/mol. The van der Waals surface area contributed by atoms with Crippen LogP contribution in [0.4, 0.5) is 0 Å².